The SMILES string of the molecule is CN=C(NCc1cccc(C(F)(F)F)c1)NC1C2CCOC2C12CCC2.I. The molecule has 27 heavy (non-hydrogen) atoms. The van der Waals surface area contributed by atoms with Crippen LogP contribution in [0.4, 0.5) is 13.2 Å². The van der Waals surface area contributed by atoms with E-state index in [-0.39, 0.29) is 29.4 Å². The fraction of sp³-hybridized carbons (Fsp3) is 0.632. The Hall–Kier alpha value is -1.03. The summed E-state index contributed by atoms with van der Waals surface area (Å²) in [6, 6.07) is 5.74. The summed E-state index contributed by atoms with van der Waals surface area (Å²) in [6.45, 7) is 1.12. The number of nitrogens with zero attached hydrogens (tertiary/aromatic N) is 1. The van der Waals surface area contributed by atoms with Gasteiger partial charge in [0.2, 0.25) is 0 Å². The Labute approximate surface area is 174 Å². The molecule has 3 atom stereocenters. The molecule has 2 aliphatic carbocycles. The van der Waals surface area contributed by atoms with Gasteiger partial charge in [0.1, 0.15) is 0 Å². The van der Waals surface area contributed by atoms with Crippen LogP contribution in [0.5, 0.6) is 0 Å². The van der Waals surface area contributed by atoms with Gasteiger partial charge < -0.3 is 15.4 Å². The molecule has 0 radical (unpaired) electrons. The van der Waals surface area contributed by atoms with E-state index in [9.17, 15) is 13.2 Å². The molecule has 1 saturated heterocycles. The fourth-order valence-electron chi connectivity index (χ4n) is 4.84. The van der Waals surface area contributed by atoms with Gasteiger partial charge in [-0.1, -0.05) is 18.6 Å². The van der Waals surface area contributed by atoms with Gasteiger partial charge in [0.15, 0.2) is 5.96 Å². The highest BCUT2D eigenvalue weighted by Crippen LogP contribution is 2.62. The second-order valence-corrected chi connectivity index (χ2v) is 7.58. The lowest BCUT2D eigenvalue weighted by atomic mass is 9.46. The van der Waals surface area contributed by atoms with Crippen molar-refractivity contribution in [2.45, 2.75) is 50.6 Å². The number of benzene rings is 1. The number of aliphatic imine (C=N–C) groups is 1. The minimum absolute atomic E-state index is 0. The lowest BCUT2D eigenvalue weighted by Crippen LogP contribution is -2.72. The summed E-state index contributed by atoms with van der Waals surface area (Å²) >= 11 is 0. The van der Waals surface area contributed by atoms with Crippen molar-refractivity contribution in [3.05, 3.63) is 35.4 Å². The van der Waals surface area contributed by atoms with Gasteiger partial charge >= 0.3 is 6.18 Å². The van der Waals surface area contributed by atoms with Crippen LogP contribution in [-0.4, -0.2) is 31.8 Å². The standard InChI is InChI=1S/C19H24F3N3O.HI/c1-23-17(24-11-12-4-2-5-13(10-12)19(20,21)22)25-15-14-6-9-26-16(14)18(15)7-3-8-18;/h2,4-5,10,14-16H,3,6-9,11H2,1H3,(H2,23,24,25);1H. The van der Waals surface area contributed by atoms with Gasteiger partial charge in [-0.2, -0.15) is 13.2 Å². The molecule has 1 heterocycles. The van der Waals surface area contributed by atoms with Gasteiger partial charge in [0.25, 0.3) is 0 Å². The van der Waals surface area contributed by atoms with Crippen molar-refractivity contribution in [1.29, 1.82) is 0 Å². The second-order valence-electron chi connectivity index (χ2n) is 7.58. The minimum Gasteiger partial charge on any atom is -0.377 e. The van der Waals surface area contributed by atoms with Crippen molar-refractivity contribution in [2.24, 2.45) is 16.3 Å². The maximum atomic E-state index is 12.8. The Morgan fingerprint density at radius 3 is 2.74 bits per heavy atom. The van der Waals surface area contributed by atoms with E-state index in [2.05, 4.69) is 15.6 Å². The average Bonchev–Trinajstić information content (AvgIpc) is 2.98. The molecular weight excluding hydrogens is 470 g/mol. The summed E-state index contributed by atoms with van der Waals surface area (Å²) in [5.74, 6) is 1.16. The number of rotatable bonds is 3. The predicted octanol–water partition coefficient (Wildman–Crippen LogP) is 3.95. The van der Waals surface area contributed by atoms with Crippen LogP contribution in [0.3, 0.4) is 0 Å². The van der Waals surface area contributed by atoms with Crippen LogP contribution in [0, 0.1) is 11.3 Å². The van der Waals surface area contributed by atoms with E-state index >= 15 is 0 Å². The van der Waals surface area contributed by atoms with Gasteiger partial charge in [-0.3, -0.25) is 4.99 Å². The lowest BCUT2D eigenvalue weighted by Gasteiger charge is -2.63. The van der Waals surface area contributed by atoms with Crippen molar-refractivity contribution in [3.8, 4) is 0 Å². The summed E-state index contributed by atoms with van der Waals surface area (Å²) in [4.78, 5) is 4.27. The minimum atomic E-state index is -4.32. The number of nitrogens with one attached hydrogen (secondary N) is 2. The Balaban J connectivity index is 0.00000210. The molecule has 8 heteroatoms. The molecule has 150 valence electrons. The monoisotopic (exact) mass is 495 g/mol. The Morgan fingerprint density at radius 1 is 1.33 bits per heavy atom. The predicted molar refractivity (Wildman–Crippen MR) is 108 cm³/mol. The van der Waals surface area contributed by atoms with Crippen molar-refractivity contribution >= 4 is 29.9 Å². The third kappa shape index (κ3) is 3.66. The van der Waals surface area contributed by atoms with E-state index in [1.54, 1.807) is 13.1 Å². The zero-order valence-electron chi connectivity index (χ0n) is 15.2. The molecule has 3 fully saturated rings. The van der Waals surface area contributed by atoms with Crippen molar-refractivity contribution in [1.82, 2.24) is 10.6 Å². The third-order valence-electron chi connectivity index (χ3n) is 6.27. The van der Waals surface area contributed by atoms with Crippen LogP contribution in [0.15, 0.2) is 29.3 Å². The zero-order valence-corrected chi connectivity index (χ0v) is 17.5. The molecule has 3 aliphatic rings. The molecule has 0 amide bonds. The van der Waals surface area contributed by atoms with Crippen LogP contribution in [0.1, 0.15) is 36.8 Å². The summed E-state index contributed by atoms with van der Waals surface area (Å²) in [6.07, 6.45) is 0.703. The molecule has 0 bridgehead atoms. The van der Waals surface area contributed by atoms with E-state index in [1.165, 1.54) is 31.4 Å². The smallest absolute Gasteiger partial charge is 0.377 e. The largest absolute Gasteiger partial charge is 0.416 e. The van der Waals surface area contributed by atoms with Gasteiger partial charge in [-0.15, -0.1) is 24.0 Å². The maximum absolute atomic E-state index is 12.8. The topological polar surface area (TPSA) is 45.7 Å². The van der Waals surface area contributed by atoms with Gasteiger partial charge in [0, 0.05) is 37.6 Å². The number of guanidine groups is 1. The van der Waals surface area contributed by atoms with Crippen LogP contribution in [-0.2, 0) is 17.5 Å². The molecule has 2 N–H and O–H groups in total. The second kappa shape index (κ2) is 7.77. The van der Waals surface area contributed by atoms with Gasteiger partial charge in [-0.25, -0.2) is 0 Å². The van der Waals surface area contributed by atoms with E-state index < -0.39 is 11.7 Å². The van der Waals surface area contributed by atoms with E-state index in [0.717, 1.165) is 19.1 Å². The first kappa shape index (κ1) is 20.7. The number of fused-ring (bicyclic) bond motifs is 2. The molecule has 2 saturated carbocycles. The van der Waals surface area contributed by atoms with Gasteiger partial charge in [-0.05, 0) is 37.0 Å². The first-order chi connectivity index (χ1) is 12.4. The van der Waals surface area contributed by atoms with Gasteiger partial charge in [0.05, 0.1) is 11.7 Å². The van der Waals surface area contributed by atoms with Crippen LogP contribution >= 0.6 is 24.0 Å². The number of hydrogen-bond donors (Lipinski definition) is 2. The molecule has 1 spiro atoms. The molecule has 4 nitrogen and oxygen atoms in total. The molecule has 1 aromatic rings. The van der Waals surface area contributed by atoms with Crippen molar-refractivity contribution in [2.75, 3.05) is 13.7 Å². The van der Waals surface area contributed by atoms with Crippen LogP contribution < -0.4 is 10.6 Å². The number of ether oxygens (including phenoxy) is 1. The molecule has 3 unspecified atom stereocenters. The highest BCUT2D eigenvalue weighted by molar-refractivity contribution is 14.0. The van der Waals surface area contributed by atoms with Crippen LogP contribution in [0.2, 0.25) is 0 Å². The van der Waals surface area contributed by atoms with E-state index in [0.29, 0.717) is 36.1 Å². The number of hydrogen-bond acceptors (Lipinski definition) is 2. The molecule has 1 aliphatic heterocycles. The maximum Gasteiger partial charge on any atom is 0.416 e. The van der Waals surface area contributed by atoms with Crippen LogP contribution in [0.25, 0.3) is 0 Å². The number of alkyl halides is 3. The first-order valence-electron chi connectivity index (χ1n) is 9.19. The third-order valence-corrected chi connectivity index (χ3v) is 6.27. The van der Waals surface area contributed by atoms with Crippen molar-refractivity contribution < 1.29 is 17.9 Å². The summed E-state index contributed by atoms with van der Waals surface area (Å²) in [5, 5.41) is 6.68. The lowest BCUT2D eigenvalue weighted by molar-refractivity contribution is -0.171. The molecule has 0 aromatic heterocycles. The van der Waals surface area contributed by atoms with E-state index in [4.69, 9.17) is 4.74 Å². The highest BCUT2D eigenvalue weighted by Gasteiger charge is 2.66. The van der Waals surface area contributed by atoms with E-state index in [1.807, 2.05) is 0 Å². The Morgan fingerprint density at radius 2 is 2.11 bits per heavy atom. The quantitative estimate of drug-likeness (QED) is 0.380. The molecular formula is C19H25F3IN3O. The fourth-order valence-corrected chi connectivity index (χ4v) is 4.84. The summed E-state index contributed by atoms with van der Waals surface area (Å²) in [7, 11) is 1.69. The average molecular weight is 495 g/mol. The highest BCUT2D eigenvalue weighted by atomic mass is 127. The first-order valence-corrected chi connectivity index (χ1v) is 9.19. The Kier molecular flexibility index (Phi) is 5.96. The Bertz CT molecular complexity index is 706. The molecule has 4 rings (SSSR count). The normalized spacial score (nSPS) is 28.6. The zero-order chi connectivity index (χ0) is 18.4. The summed E-state index contributed by atoms with van der Waals surface area (Å²) in [5.41, 5.74) is 0.185. The summed E-state index contributed by atoms with van der Waals surface area (Å²) < 4.78 is 44.5. The van der Waals surface area contributed by atoms with Crippen molar-refractivity contribution in [3.63, 3.8) is 0 Å². The number of halogens is 4. The molecule has 1 aromatic carbocycles.